The summed E-state index contributed by atoms with van der Waals surface area (Å²) >= 11 is 0. The molecule has 3 atom stereocenters. The Morgan fingerprint density at radius 2 is 1.87 bits per heavy atom. The number of carbonyl (C=O) groups excluding carboxylic acids is 2. The first-order valence-corrected chi connectivity index (χ1v) is 11.9. The molecular weight excluding hydrogens is 408 g/mol. The Kier molecular flexibility index (Phi) is 7.02. The standard InChI is InChI=1S/C21H30N2O6S/c1-14-6-5-7-18(15(14)2)22-20(25)13-29-21(26)17-12-16(8-9-19(17)24)30(27,28)23-10-3-4-11-23/h8-9,12,14-15,18,24H,3-7,10-11,13H2,1-2H3,(H,22,25)/t14-,15+,18-/m1/s1. The average Bonchev–Trinajstić information content (AvgIpc) is 3.25. The molecule has 0 radical (unpaired) electrons. The van der Waals surface area contributed by atoms with Crippen LogP contribution < -0.4 is 5.32 Å². The lowest BCUT2D eigenvalue weighted by molar-refractivity contribution is -0.125. The fourth-order valence-electron chi connectivity index (χ4n) is 4.16. The lowest BCUT2D eigenvalue weighted by Crippen LogP contribution is -2.45. The molecule has 1 aliphatic heterocycles. The van der Waals surface area contributed by atoms with Gasteiger partial charge in [-0.2, -0.15) is 4.31 Å². The van der Waals surface area contributed by atoms with E-state index in [0.29, 0.717) is 24.9 Å². The van der Waals surface area contributed by atoms with E-state index in [1.807, 2.05) is 0 Å². The Labute approximate surface area is 177 Å². The van der Waals surface area contributed by atoms with Crippen molar-refractivity contribution in [3.8, 4) is 5.75 Å². The number of nitrogens with zero attached hydrogens (tertiary/aromatic N) is 1. The number of nitrogens with one attached hydrogen (secondary N) is 1. The van der Waals surface area contributed by atoms with Gasteiger partial charge in [-0.3, -0.25) is 4.79 Å². The highest BCUT2D eigenvalue weighted by molar-refractivity contribution is 7.89. The molecule has 1 heterocycles. The van der Waals surface area contributed by atoms with Crippen LogP contribution in [0.25, 0.3) is 0 Å². The third kappa shape index (κ3) is 4.95. The van der Waals surface area contributed by atoms with Gasteiger partial charge in [-0.15, -0.1) is 0 Å². The van der Waals surface area contributed by atoms with Crippen LogP contribution in [0, 0.1) is 11.8 Å². The molecule has 1 aliphatic carbocycles. The van der Waals surface area contributed by atoms with Crippen LogP contribution in [-0.2, 0) is 19.6 Å². The van der Waals surface area contributed by atoms with Crippen LogP contribution in [-0.4, -0.2) is 55.4 Å². The summed E-state index contributed by atoms with van der Waals surface area (Å²) in [6, 6.07) is 3.57. The fourth-order valence-corrected chi connectivity index (χ4v) is 5.70. The number of hydrogen-bond acceptors (Lipinski definition) is 6. The quantitative estimate of drug-likeness (QED) is 0.659. The monoisotopic (exact) mass is 438 g/mol. The van der Waals surface area contributed by atoms with Crippen LogP contribution in [0.1, 0.15) is 56.3 Å². The van der Waals surface area contributed by atoms with E-state index < -0.39 is 34.3 Å². The number of rotatable bonds is 6. The lowest BCUT2D eigenvalue weighted by atomic mass is 9.78. The minimum atomic E-state index is -3.74. The molecule has 2 fully saturated rings. The summed E-state index contributed by atoms with van der Waals surface area (Å²) in [6.45, 7) is 4.64. The molecule has 0 aromatic heterocycles. The van der Waals surface area contributed by atoms with Crippen molar-refractivity contribution < 1.29 is 27.9 Å². The molecule has 1 aromatic carbocycles. The Morgan fingerprint density at radius 3 is 2.57 bits per heavy atom. The van der Waals surface area contributed by atoms with Crippen molar-refractivity contribution in [2.24, 2.45) is 11.8 Å². The molecule has 1 saturated heterocycles. The number of benzene rings is 1. The van der Waals surface area contributed by atoms with Gasteiger partial charge >= 0.3 is 5.97 Å². The molecule has 30 heavy (non-hydrogen) atoms. The zero-order valence-electron chi connectivity index (χ0n) is 17.5. The SMILES string of the molecule is C[C@H]1[C@H](C)CCC[C@H]1NC(=O)COC(=O)c1cc(S(=O)(=O)N2CCCC2)ccc1O. The highest BCUT2D eigenvalue weighted by Gasteiger charge is 2.30. The third-order valence-electron chi connectivity index (χ3n) is 6.28. The van der Waals surface area contributed by atoms with Gasteiger partial charge in [0.2, 0.25) is 10.0 Å². The second kappa shape index (κ2) is 9.34. The van der Waals surface area contributed by atoms with Crippen LogP contribution in [0.5, 0.6) is 5.75 Å². The van der Waals surface area contributed by atoms with E-state index in [4.69, 9.17) is 4.74 Å². The first-order valence-electron chi connectivity index (χ1n) is 10.5. The predicted octanol–water partition coefficient (Wildman–Crippen LogP) is 2.27. The van der Waals surface area contributed by atoms with Crippen LogP contribution in [0.4, 0.5) is 0 Å². The van der Waals surface area contributed by atoms with Gasteiger partial charge in [-0.25, -0.2) is 13.2 Å². The lowest BCUT2D eigenvalue weighted by Gasteiger charge is -2.34. The molecule has 0 spiro atoms. The predicted molar refractivity (Wildman–Crippen MR) is 110 cm³/mol. The van der Waals surface area contributed by atoms with Crippen LogP contribution >= 0.6 is 0 Å². The molecule has 1 amide bonds. The van der Waals surface area contributed by atoms with Gasteiger partial charge < -0.3 is 15.2 Å². The second-order valence-corrected chi connectivity index (χ2v) is 10.2. The number of phenolic OH excluding ortho intramolecular Hbond substituents is 1. The van der Waals surface area contributed by atoms with Crippen molar-refractivity contribution in [1.29, 1.82) is 0 Å². The number of hydrogen-bond donors (Lipinski definition) is 2. The van der Waals surface area contributed by atoms with E-state index in [2.05, 4.69) is 19.2 Å². The number of ether oxygens (including phenoxy) is 1. The van der Waals surface area contributed by atoms with E-state index in [1.165, 1.54) is 10.4 Å². The van der Waals surface area contributed by atoms with Gasteiger partial charge in [-0.1, -0.05) is 26.7 Å². The van der Waals surface area contributed by atoms with Crippen LogP contribution in [0.15, 0.2) is 23.1 Å². The van der Waals surface area contributed by atoms with Crippen molar-refractivity contribution in [2.75, 3.05) is 19.7 Å². The normalized spacial score (nSPS) is 25.1. The van der Waals surface area contributed by atoms with E-state index in [-0.39, 0.29) is 16.5 Å². The van der Waals surface area contributed by atoms with Gasteiger partial charge in [-0.05, 0) is 49.3 Å². The summed E-state index contributed by atoms with van der Waals surface area (Å²) in [5, 5.41) is 12.9. The molecule has 1 saturated carbocycles. The van der Waals surface area contributed by atoms with Gasteiger partial charge in [0.05, 0.1) is 4.90 Å². The number of sulfonamides is 1. The minimum Gasteiger partial charge on any atom is -0.507 e. The number of esters is 1. The zero-order chi connectivity index (χ0) is 21.9. The summed E-state index contributed by atoms with van der Waals surface area (Å²) in [5.74, 6) is -0.880. The topological polar surface area (TPSA) is 113 Å². The Balaban J connectivity index is 1.63. The van der Waals surface area contributed by atoms with Crippen LogP contribution in [0.2, 0.25) is 0 Å². The molecule has 0 unspecified atom stereocenters. The molecule has 166 valence electrons. The van der Waals surface area contributed by atoms with E-state index in [0.717, 1.165) is 44.2 Å². The van der Waals surface area contributed by atoms with Gasteiger partial charge in [0.15, 0.2) is 6.61 Å². The molecule has 2 N–H and O–H groups in total. The van der Waals surface area contributed by atoms with E-state index >= 15 is 0 Å². The second-order valence-electron chi connectivity index (χ2n) is 8.31. The molecular formula is C21H30N2O6S. The van der Waals surface area contributed by atoms with Crippen molar-refractivity contribution in [1.82, 2.24) is 9.62 Å². The van der Waals surface area contributed by atoms with E-state index in [9.17, 15) is 23.1 Å². The van der Waals surface area contributed by atoms with Crippen molar-refractivity contribution >= 4 is 21.9 Å². The third-order valence-corrected chi connectivity index (χ3v) is 8.17. The van der Waals surface area contributed by atoms with Gasteiger partial charge in [0.1, 0.15) is 11.3 Å². The average molecular weight is 439 g/mol. The maximum Gasteiger partial charge on any atom is 0.342 e. The number of aromatic hydroxyl groups is 1. The number of amides is 1. The van der Waals surface area contributed by atoms with Crippen LogP contribution in [0.3, 0.4) is 0 Å². The van der Waals surface area contributed by atoms with Crippen molar-refractivity contribution in [3.63, 3.8) is 0 Å². The first-order chi connectivity index (χ1) is 14.2. The zero-order valence-corrected chi connectivity index (χ0v) is 18.3. The molecule has 1 aromatic rings. The van der Waals surface area contributed by atoms with Gasteiger partial charge in [0, 0.05) is 19.1 Å². The fraction of sp³-hybridized carbons (Fsp3) is 0.619. The summed E-state index contributed by atoms with van der Waals surface area (Å²) in [4.78, 5) is 24.6. The van der Waals surface area contributed by atoms with Crippen molar-refractivity contribution in [3.05, 3.63) is 23.8 Å². The molecule has 9 heteroatoms. The smallest absolute Gasteiger partial charge is 0.342 e. The molecule has 0 bridgehead atoms. The molecule has 2 aliphatic rings. The Morgan fingerprint density at radius 1 is 1.17 bits per heavy atom. The maximum atomic E-state index is 12.7. The summed E-state index contributed by atoms with van der Waals surface area (Å²) < 4.78 is 31.8. The summed E-state index contributed by atoms with van der Waals surface area (Å²) in [5.41, 5.74) is -0.275. The first kappa shape index (κ1) is 22.6. The van der Waals surface area contributed by atoms with Crippen molar-refractivity contribution in [2.45, 2.75) is 56.9 Å². The molecule has 3 rings (SSSR count). The maximum absolute atomic E-state index is 12.7. The summed E-state index contributed by atoms with van der Waals surface area (Å²) in [6.07, 6.45) is 4.66. The highest BCUT2D eigenvalue weighted by Crippen LogP contribution is 2.29. The number of phenols is 1. The minimum absolute atomic E-state index is 0.0438. The highest BCUT2D eigenvalue weighted by atomic mass is 32.2. The summed E-state index contributed by atoms with van der Waals surface area (Å²) in [7, 11) is -3.74. The number of carbonyl (C=O) groups is 2. The van der Waals surface area contributed by atoms with Gasteiger partial charge in [0.25, 0.3) is 5.91 Å². The Bertz CT molecular complexity index is 895. The largest absolute Gasteiger partial charge is 0.507 e. The Hall–Kier alpha value is -2.13. The van der Waals surface area contributed by atoms with E-state index in [1.54, 1.807) is 0 Å². The molecule has 8 nitrogen and oxygen atoms in total.